The van der Waals surface area contributed by atoms with Gasteiger partial charge in [0.1, 0.15) is 0 Å². The Balaban J connectivity index is 0. The molecule has 0 spiro atoms. The van der Waals surface area contributed by atoms with Crippen LogP contribution in [0.3, 0.4) is 0 Å². The zero-order valence-electron chi connectivity index (χ0n) is 13.0. The molecule has 134 valence electrons. The molecule has 0 aromatic heterocycles. The van der Waals surface area contributed by atoms with Gasteiger partial charge >= 0.3 is 34.8 Å². The Labute approximate surface area is 130 Å². The van der Waals surface area contributed by atoms with Crippen LogP contribution in [0.5, 0.6) is 0 Å². The Morgan fingerprint density at radius 2 is 1.74 bits per heavy atom. The van der Waals surface area contributed by atoms with Crippen LogP contribution in [0.15, 0.2) is 18.2 Å². The van der Waals surface area contributed by atoms with Gasteiger partial charge in [0.05, 0.1) is 6.61 Å². The van der Waals surface area contributed by atoms with Crippen LogP contribution in [-0.2, 0) is 4.74 Å². The average Bonchev–Trinajstić information content (AvgIpc) is 2.35. The van der Waals surface area contributed by atoms with E-state index in [0.717, 1.165) is 11.3 Å². The summed E-state index contributed by atoms with van der Waals surface area (Å²) in [5, 5.41) is 8.73. The molecule has 1 atom stereocenters. The first-order valence-electron chi connectivity index (χ1n) is 6.12. The van der Waals surface area contributed by atoms with Gasteiger partial charge in [0.2, 0.25) is 5.39 Å². The minimum Gasteiger partial charge on any atom is -1.00 e. The van der Waals surface area contributed by atoms with E-state index in [1.807, 2.05) is 26.1 Å². The second kappa shape index (κ2) is 8.89. The maximum Gasteiger partial charge on any atom is -1.00 e. The summed E-state index contributed by atoms with van der Waals surface area (Å²) in [5.74, 6) is 0. The summed E-state index contributed by atoms with van der Waals surface area (Å²) in [7, 11) is -4.83. The summed E-state index contributed by atoms with van der Waals surface area (Å²) < 4.78 is 54.3. The van der Waals surface area contributed by atoms with E-state index in [2.05, 4.69) is 16.8 Å². The number of likely N-dealkylation sites (N-methyl/N-ethyl adjacent to an activating group) is 1. The van der Waals surface area contributed by atoms with Crippen molar-refractivity contribution in [1.82, 2.24) is 0 Å². The molecule has 0 heterocycles. The molecule has 0 bridgehead atoms. The van der Waals surface area contributed by atoms with Gasteiger partial charge in [-0.05, 0) is 26.0 Å². The van der Waals surface area contributed by atoms with E-state index in [1.165, 1.54) is 0 Å². The largest absolute Gasteiger partial charge is 1.00 e. The van der Waals surface area contributed by atoms with E-state index < -0.39 is 8.16 Å². The molecule has 0 N–H and O–H groups in total. The fourth-order valence-electron chi connectivity index (χ4n) is 1.58. The van der Waals surface area contributed by atoms with E-state index in [4.69, 9.17) is 10.1 Å². The quantitative estimate of drug-likeness (QED) is 0.468. The second-order valence-electron chi connectivity index (χ2n) is 4.62. The molecular weight excluding hydrogens is 347 g/mol. The molecule has 4 nitrogen and oxygen atoms in total. The Hall–Kier alpha value is -1.59. The third kappa shape index (κ3) is 11.6. The first kappa shape index (κ1) is 23.7. The van der Waals surface area contributed by atoms with E-state index in [1.54, 1.807) is 13.2 Å². The van der Waals surface area contributed by atoms with Crippen molar-refractivity contribution in [3.05, 3.63) is 28.7 Å². The van der Waals surface area contributed by atoms with Gasteiger partial charge < -0.3 is 14.3 Å². The SMILES string of the molecule is COCC(C)N(C)c1ccc([N+]#N)c(C)c1.FP(F)(F)(F)F.[F-]. The molecule has 0 aliphatic carbocycles. The minimum atomic E-state index is -8.55. The standard InChI is InChI=1S/C12H18N3O.F5P.FH/c1-9-7-11(5-6-12(9)14-13)15(3)10(2)8-16-4;1-6(2,3,4)5;/h5-7,10H,8H2,1-4H3;;1H/q+1;;/p-1. The van der Waals surface area contributed by atoms with Gasteiger partial charge in [-0.15, -0.1) is 0 Å². The molecule has 0 aliphatic heterocycles. The molecule has 1 rings (SSSR count). The zero-order chi connectivity index (χ0) is 17.6. The van der Waals surface area contributed by atoms with Gasteiger partial charge in [-0.2, -0.15) is 0 Å². The third-order valence-electron chi connectivity index (χ3n) is 2.76. The molecule has 1 aromatic carbocycles. The van der Waals surface area contributed by atoms with Gasteiger partial charge in [-0.1, -0.05) is 0 Å². The predicted molar refractivity (Wildman–Crippen MR) is 78.1 cm³/mol. The summed E-state index contributed by atoms with van der Waals surface area (Å²) in [5.41, 5.74) is 2.66. The van der Waals surface area contributed by atoms with Crippen molar-refractivity contribution in [3.8, 4) is 0 Å². The number of aryl methyl sites for hydroxylation is 1. The summed E-state index contributed by atoms with van der Waals surface area (Å²) in [4.78, 5) is 5.35. The van der Waals surface area contributed by atoms with Crippen LogP contribution in [0.4, 0.5) is 32.4 Å². The fraction of sp³-hybridized carbons (Fsp3) is 0.500. The second-order valence-corrected chi connectivity index (χ2v) is 5.90. The van der Waals surface area contributed by atoms with Crippen molar-refractivity contribution in [1.29, 1.82) is 5.39 Å². The molecule has 0 aliphatic rings. The fourth-order valence-corrected chi connectivity index (χ4v) is 1.58. The number of hydrogen-bond acceptors (Lipinski definition) is 3. The van der Waals surface area contributed by atoms with E-state index in [9.17, 15) is 21.0 Å². The molecule has 0 saturated heterocycles. The van der Waals surface area contributed by atoms with Crippen molar-refractivity contribution >= 4 is 19.5 Å². The van der Waals surface area contributed by atoms with Gasteiger partial charge in [-0.25, -0.2) is 0 Å². The first-order chi connectivity index (χ1) is 9.83. The number of halogens is 6. The van der Waals surface area contributed by atoms with Gasteiger partial charge in [0.25, 0.3) is 0 Å². The number of hydrogen-bond donors (Lipinski definition) is 0. The monoisotopic (exact) mass is 365 g/mol. The van der Waals surface area contributed by atoms with Crippen LogP contribution >= 0.6 is 8.16 Å². The number of ether oxygens (including phenoxy) is 1. The molecule has 0 saturated carbocycles. The van der Waals surface area contributed by atoms with Crippen LogP contribution in [0, 0.1) is 12.3 Å². The average molecular weight is 365 g/mol. The molecular formula is C12H18F6N3OP. The number of anilines is 1. The maximum atomic E-state index is 9.84. The number of benzene rings is 1. The predicted octanol–water partition coefficient (Wildman–Crippen LogP) is 2.92. The van der Waals surface area contributed by atoms with Crippen molar-refractivity contribution < 1.29 is 30.4 Å². The molecule has 0 fully saturated rings. The van der Waals surface area contributed by atoms with Crippen molar-refractivity contribution in [3.63, 3.8) is 0 Å². The number of nitrogens with zero attached hydrogens (tertiary/aromatic N) is 3. The minimum absolute atomic E-state index is 0. The summed E-state index contributed by atoms with van der Waals surface area (Å²) >= 11 is 0. The smallest absolute Gasteiger partial charge is 1.00 e. The Kier molecular flexibility index (Phi) is 9.15. The van der Waals surface area contributed by atoms with Crippen molar-refractivity contribution in [2.75, 3.05) is 25.7 Å². The van der Waals surface area contributed by atoms with E-state index in [0.29, 0.717) is 18.3 Å². The Morgan fingerprint density at radius 1 is 1.26 bits per heavy atom. The summed E-state index contributed by atoms with van der Waals surface area (Å²) in [6.45, 7) is 4.71. The van der Waals surface area contributed by atoms with Gasteiger partial charge in [0.15, 0.2) is 4.98 Å². The molecule has 23 heavy (non-hydrogen) atoms. The van der Waals surface area contributed by atoms with Crippen LogP contribution in [0.2, 0.25) is 0 Å². The first-order valence-corrected chi connectivity index (χ1v) is 7.81. The normalized spacial score (nSPS) is 13.3. The third-order valence-corrected chi connectivity index (χ3v) is 2.76. The number of methoxy groups -OCH3 is 1. The van der Waals surface area contributed by atoms with E-state index in [-0.39, 0.29) is 4.70 Å². The molecule has 1 aromatic rings. The number of rotatable bonds is 4. The van der Waals surface area contributed by atoms with Crippen LogP contribution < -0.4 is 9.60 Å². The maximum absolute atomic E-state index is 9.84. The van der Waals surface area contributed by atoms with Crippen LogP contribution in [0.25, 0.3) is 4.98 Å². The Morgan fingerprint density at radius 3 is 2.09 bits per heavy atom. The topological polar surface area (TPSA) is 40.6 Å². The molecule has 0 radical (unpaired) electrons. The van der Waals surface area contributed by atoms with Crippen LogP contribution in [0.1, 0.15) is 12.5 Å². The van der Waals surface area contributed by atoms with Crippen molar-refractivity contribution in [2.45, 2.75) is 19.9 Å². The van der Waals surface area contributed by atoms with Crippen LogP contribution in [-0.4, -0.2) is 26.8 Å². The van der Waals surface area contributed by atoms with E-state index >= 15 is 0 Å². The molecule has 1 unspecified atom stereocenters. The molecule has 0 amide bonds. The Bertz CT molecular complexity index is 527. The zero-order valence-corrected chi connectivity index (χ0v) is 13.9. The number of diazo groups is 1. The van der Waals surface area contributed by atoms with Crippen molar-refractivity contribution in [2.24, 2.45) is 0 Å². The van der Waals surface area contributed by atoms with Gasteiger partial charge in [0, 0.05) is 37.5 Å². The summed E-state index contributed by atoms with van der Waals surface area (Å²) in [6, 6.07) is 6.05. The summed E-state index contributed by atoms with van der Waals surface area (Å²) in [6.07, 6.45) is 0. The molecule has 11 heteroatoms. The van der Waals surface area contributed by atoms with Gasteiger partial charge in [-0.3, -0.25) is 0 Å².